The van der Waals surface area contributed by atoms with Crippen LogP contribution in [0.15, 0.2) is 54.6 Å². The first kappa shape index (κ1) is 17.1. The first-order chi connectivity index (χ1) is 12.7. The molecule has 2 aromatic carbocycles. The van der Waals surface area contributed by atoms with Gasteiger partial charge >= 0.3 is 0 Å². The summed E-state index contributed by atoms with van der Waals surface area (Å²) in [6.45, 7) is 2.28. The summed E-state index contributed by atoms with van der Waals surface area (Å²) in [5.41, 5.74) is 0.525. The molecule has 4 heteroatoms. The summed E-state index contributed by atoms with van der Waals surface area (Å²) < 4.78 is 5.87. The minimum Gasteiger partial charge on any atom is -0.457 e. The van der Waals surface area contributed by atoms with E-state index in [4.69, 9.17) is 4.74 Å². The van der Waals surface area contributed by atoms with Crippen LogP contribution in [0, 0.1) is 5.41 Å². The topological polar surface area (TPSA) is 49.8 Å². The van der Waals surface area contributed by atoms with E-state index in [1.54, 1.807) is 0 Å². The molecule has 2 fully saturated rings. The Bertz CT molecular complexity index is 785. The van der Waals surface area contributed by atoms with E-state index in [9.17, 15) is 9.90 Å². The molecule has 4 rings (SSSR count). The molecule has 2 aliphatic rings. The summed E-state index contributed by atoms with van der Waals surface area (Å²) in [4.78, 5) is 15.2. The molecule has 2 heterocycles. The normalized spacial score (nSPS) is 26.9. The molecule has 2 saturated heterocycles. The molecule has 0 radical (unpaired) electrons. The van der Waals surface area contributed by atoms with Crippen LogP contribution in [-0.2, 0) is 0 Å². The number of rotatable bonds is 5. The van der Waals surface area contributed by atoms with Gasteiger partial charge in [0.15, 0.2) is 0 Å². The van der Waals surface area contributed by atoms with Crippen molar-refractivity contribution in [2.45, 2.75) is 44.7 Å². The average Bonchev–Trinajstić information content (AvgIpc) is 3.24. The van der Waals surface area contributed by atoms with Gasteiger partial charge in [0.25, 0.3) is 5.91 Å². The molecule has 0 aromatic heterocycles. The van der Waals surface area contributed by atoms with Crippen LogP contribution in [0.3, 0.4) is 0 Å². The van der Waals surface area contributed by atoms with Crippen LogP contribution in [0.25, 0.3) is 0 Å². The number of nitrogens with zero attached hydrogens (tertiary/aromatic N) is 1. The fraction of sp³-hybridized carbons (Fsp3) is 0.409. The molecule has 0 unspecified atom stereocenters. The van der Waals surface area contributed by atoms with Crippen LogP contribution in [0.5, 0.6) is 11.5 Å². The smallest absolute Gasteiger partial charge is 0.254 e. The summed E-state index contributed by atoms with van der Waals surface area (Å²) in [6, 6.07) is 17.4. The highest BCUT2D eigenvalue weighted by molar-refractivity contribution is 5.95. The molecular formula is C22H25NO3. The molecule has 1 amide bonds. The number of hydrogen-bond donors (Lipinski definition) is 1. The Balaban J connectivity index is 1.57. The predicted octanol–water partition coefficient (Wildman–Crippen LogP) is 4.24. The second-order valence-electron chi connectivity index (χ2n) is 7.48. The molecule has 2 aromatic rings. The lowest BCUT2D eigenvalue weighted by Gasteiger charge is -2.34. The van der Waals surface area contributed by atoms with Crippen LogP contribution in [-0.4, -0.2) is 34.6 Å². The van der Waals surface area contributed by atoms with E-state index in [-0.39, 0.29) is 30.0 Å². The van der Waals surface area contributed by atoms with Gasteiger partial charge in [-0.2, -0.15) is 0 Å². The van der Waals surface area contributed by atoms with Crippen molar-refractivity contribution in [1.82, 2.24) is 4.90 Å². The molecule has 2 aliphatic heterocycles. The first-order valence-corrected chi connectivity index (χ1v) is 9.43. The predicted molar refractivity (Wildman–Crippen MR) is 100 cm³/mol. The van der Waals surface area contributed by atoms with Gasteiger partial charge in [0.1, 0.15) is 11.5 Å². The SMILES string of the molecule is CC[C@@]1(CO)C[C@@H]2CC[C@H]1N2C(=O)c1cccc(Oc2ccccc2)c1. The Kier molecular flexibility index (Phi) is 4.45. The zero-order valence-electron chi connectivity index (χ0n) is 15.1. The van der Waals surface area contributed by atoms with Gasteiger partial charge in [-0.3, -0.25) is 4.79 Å². The van der Waals surface area contributed by atoms with E-state index in [1.165, 1.54) is 0 Å². The van der Waals surface area contributed by atoms with Crippen LogP contribution in [0.1, 0.15) is 43.0 Å². The summed E-state index contributed by atoms with van der Waals surface area (Å²) in [5, 5.41) is 9.96. The Morgan fingerprint density at radius 1 is 1.15 bits per heavy atom. The van der Waals surface area contributed by atoms with Gasteiger partial charge < -0.3 is 14.7 Å². The number of aliphatic hydroxyl groups excluding tert-OH is 1. The summed E-state index contributed by atoms with van der Waals surface area (Å²) >= 11 is 0. The Morgan fingerprint density at radius 3 is 2.62 bits per heavy atom. The van der Waals surface area contributed by atoms with E-state index in [2.05, 4.69) is 6.92 Å². The van der Waals surface area contributed by atoms with Crippen LogP contribution in [0.4, 0.5) is 0 Å². The minimum atomic E-state index is -0.128. The Labute approximate surface area is 154 Å². The van der Waals surface area contributed by atoms with Crippen molar-refractivity contribution in [3.8, 4) is 11.5 Å². The van der Waals surface area contributed by atoms with Crippen molar-refractivity contribution >= 4 is 5.91 Å². The number of ether oxygens (including phenoxy) is 1. The highest BCUT2D eigenvalue weighted by Gasteiger charge is 2.56. The van der Waals surface area contributed by atoms with E-state index < -0.39 is 0 Å². The van der Waals surface area contributed by atoms with Gasteiger partial charge in [-0.1, -0.05) is 31.2 Å². The monoisotopic (exact) mass is 351 g/mol. The van der Waals surface area contributed by atoms with Crippen LogP contribution >= 0.6 is 0 Å². The maximum atomic E-state index is 13.2. The molecule has 3 atom stereocenters. The number of benzene rings is 2. The van der Waals surface area contributed by atoms with Gasteiger partial charge in [-0.05, 0) is 56.0 Å². The number of hydrogen-bond acceptors (Lipinski definition) is 3. The number of carbonyl (C=O) groups excluding carboxylic acids is 1. The van der Waals surface area contributed by atoms with Crippen molar-refractivity contribution in [3.05, 3.63) is 60.2 Å². The zero-order chi connectivity index (χ0) is 18.1. The molecule has 2 bridgehead atoms. The fourth-order valence-electron chi connectivity index (χ4n) is 4.73. The molecular weight excluding hydrogens is 326 g/mol. The highest BCUT2D eigenvalue weighted by Crippen LogP contribution is 2.51. The Morgan fingerprint density at radius 2 is 1.92 bits per heavy atom. The third-order valence-electron chi connectivity index (χ3n) is 6.16. The number of fused-ring (bicyclic) bond motifs is 2. The Hall–Kier alpha value is -2.33. The number of para-hydroxylation sites is 1. The number of carbonyl (C=O) groups is 1. The molecule has 0 spiro atoms. The third kappa shape index (κ3) is 2.78. The first-order valence-electron chi connectivity index (χ1n) is 9.43. The van der Waals surface area contributed by atoms with Gasteiger partial charge in [0, 0.05) is 23.1 Å². The standard InChI is InChI=1S/C22H25NO3/c1-2-22(15-24)14-17-11-12-20(22)23(17)21(25)16-7-6-10-19(13-16)26-18-8-4-3-5-9-18/h3-10,13,17,20,24H,2,11-12,14-15H2,1H3/t17-,20+,22-/m0/s1. The van der Waals surface area contributed by atoms with E-state index in [0.717, 1.165) is 31.4 Å². The van der Waals surface area contributed by atoms with E-state index in [1.807, 2.05) is 59.5 Å². The quantitative estimate of drug-likeness (QED) is 0.876. The molecule has 4 nitrogen and oxygen atoms in total. The number of aliphatic hydroxyl groups is 1. The lowest BCUT2D eigenvalue weighted by Crippen LogP contribution is -2.42. The molecule has 0 saturated carbocycles. The van der Waals surface area contributed by atoms with Gasteiger partial charge in [0.05, 0.1) is 6.61 Å². The van der Waals surface area contributed by atoms with Crippen molar-refractivity contribution in [2.24, 2.45) is 5.41 Å². The molecule has 0 aliphatic carbocycles. The molecule has 136 valence electrons. The molecule has 26 heavy (non-hydrogen) atoms. The van der Waals surface area contributed by atoms with Crippen molar-refractivity contribution in [1.29, 1.82) is 0 Å². The lowest BCUT2D eigenvalue weighted by molar-refractivity contribution is 0.0557. The zero-order valence-corrected chi connectivity index (χ0v) is 15.1. The molecule has 1 N–H and O–H groups in total. The van der Waals surface area contributed by atoms with Crippen molar-refractivity contribution in [3.63, 3.8) is 0 Å². The van der Waals surface area contributed by atoms with Gasteiger partial charge in [-0.25, -0.2) is 0 Å². The highest BCUT2D eigenvalue weighted by atomic mass is 16.5. The maximum Gasteiger partial charge on any atom is 0.254 e. The van der Waals surface area contributed by atoms with Crippen LogP contribution < -0.4 is 4.74 Å². The van der Waals surface area contributed by atoms with Crippen LogP contribution in [0.2, 0.25) is 0 Å². The summed E-state index contributed by atoms with van der Waals surface area (Å²) in [7, 11) is 0. The van der Waals surface area contributed by atoms with Gasteiger partial charge in [0.2, 0.25) is 0 Å². The van der Waals surface area contributed by atoms with E-state index >= 15 is 0 Å². The second kappa shape index (κ2) is 6.76. The lowest BCUT2D eigenvalue weighted by atomic mass is 9.72. The number of amides is 1. The van der Waals surface area contributed by atoms with E-state index in [0.29, 0.717) is 11.3 Å². The average molecular weight is 351 g/mol. The fourth-order valence-corrected chi connectivity index (χ4v) is 4.73. The second-order valence-corrected chi connectivity index (χ2v) is 7.48. The summed E-state index contributed by atoms with van der Waals surface area (Å²) in [6.07, 6.45) is 3.85. The van der Waals surface area contributed by atoms with Gasteiger partial charge in [-0.15, -0.1) is 0 Å². The summed E-state index contributed by atoms with van der Waals surface area (Å²) in [5.74, 6) is 1.47. The van der Waals surface area contributed by atoms with Crippen molar-refractivity contribution in [2.75, 3.05) is 6.61 Å². The third-order valence-corrected chi connectivity index (χ3v) is 6.16. The van der Waals surface area contributed by atoms with Crippen molar-refractivity contribution < 1.29 is 14.6 Å². The minimum absolute atomic E-state index is 0.0554. The maximum absolute atomic E-state index is 13.2. The largest absolute Gasteiger partial charge is 0.457 e.